The van der Waals surface area contributed by atoms with Crippen molar-refractivity contribution in [2.75, 3.05) is 13.4 Å². The highest BCUT2D eigenvalue weighted by molar-refractivity contribution is 7.90. The molecule has 0 aliphatic carbocycles. The number of hydrogen-bond acceptors (Lipinski definition) is 4. The molecule has 0 saturated heterocycles. The lowest BCUT2D eigenvalue weighted by Gasteiger charge is -2.14. The summed E-state index contributed by atoms with van der Waals surface area (Å²) in [4.78, 5) is 10.9. The molecule has 0 radical (unpaired) electrons. The highest BCUT2D eigenvalue weighted by Gasteiger charge is 2.23. The molecule has 1 N–H and O–H groups in total. The Hall–Kier alpha value is -1.56. The predicted molar refractivity (Wildman–Crippen MR) is 62.2 cm³/mol. The largest absolute Gasteiger partial charge is 0.495 e. The summed E-state index contributed by atoms with van der Waals surface area (Å²) < 4.78 is 28.1. The van der Waals surface area contributed by atoms with Crippen molar-refractivity contribution >= 4 is 15.8 Å². The lowest BCUT2D eigenvalue weighted by molar-refractivity contribution is -0.138. The van der Waals surface area contributed by atoms with E-state index < -0.39 is 21.7 Å². The summed E-state index contributed by atoms with van der Waals surface area (Å²) in [5.74, 6) is -1.76. The maximum atomic E-state index is 11.5. The van der Waals surface area contributed by atoms with Gasteiger partial charge in [0.1, 0.15) is 10.6 Å². The van der Waals surface area contributed by atoms with Gasteiger partial charge in [0.25, 0.3) is 0 Å². The summed E-state index contributed by atoms with van der Waals surface area (Å²) in [6.45, 7) is 1.48. The van der Waals surface area contributed by atoms with E-state index in [9.17, 15) is 13.2 Å². The third kappa shape index (κ3) is 2.76. The van der Waals surface area contributed by atoms with Crippen molar-refractivity contribution in [2.24, 2.45) is 0 Å². The predicted octanol–water partition coefficient (Wildman–Crippen LogP) is 1.29. The van der Waals surface area contributed by atoms with E-state index in [0.29, 0.717) is 5.56 Å². The van der Waals surface area contributed by atoms with Crippen molar-refractivity contribution < 1.29 is 23.1 Å². The minimum Gasteiger partial charge on any atom is -0.495 e. The fraction of sp³-hybridized carbons (Fsp3) is 0.364. The van der Waals surface area contributed by atoms with Crippen LogP contribution in [-0.2, 0) is 14.6 Å². The minimum atomic E-state index is -3.45. The fourth-order valence-corrected chi connectivity index (χ4v) is 2.38. The Morgan fingerprint density at radius 3 is 2.41 bits per heavy atom. The molecule has 0 amide bonds. The summed E-state index contributed by atoms with van der Waals surface area (Å²) in [5.41, 5.74) is 0.350. The van der Waals surface area contributed by atoms with Crippen molar-refractivity contribution in [3.05, 3.63) is 23.8 Å². The second kappa shape index (κ2) is 4.75. The average Bonchev–Trinajstić information content (AvgIpc) is 2.25. The molecule has 0 fully saturated rings. The third-order valence-corrected chi connectivity index (χ3v) is 3.57. The normalized spacial score (nSPS) is 13.1. The van der Waals surface area contributed by atoms with Crippen molar-refractivity contribution in [1.29, 1.82) is 0 Å². The van der Waals surface area contributed by atoms with Crippen molar-refractivity contribution in [3.63, 3.8) is 0 Å². The van der Waals surface area contributed by atoms with Crippen molar-refractivity contribution in [3.8, 4) is 5.75 Å². The molecule has 1 aromatic rings. The van der Waals surface area contributed by atoms with Gasteiger partial charge in [-0.25, -0.2) is 8.42 Å². The number of sulfone groups is 1. The number of hydrogen-bond donors (Lipinski definition) is 1. The van der Waals surface area contributed by atoms with E-state index in [1.807, 2.05) is 0 Å². The van der Waals surface area contributed by atoms with Crippen LogP contribution in [0.2, 0.25) is 0 Å². The molecule has 1 atom stereocenters. The molecule has 6 heteroatoms. The van der Waals surface area contributed by atoms with E-state index in [2.05, 4.69) is 0 Å². The molecule has 17 heavy (non-hydrogen) atoms. The SMILES string of the molecule is COc1c(C(C)C(=O)O)cccc1S(C)(=O)=O. The maximum Gasteiger partial charge on any atom is 0.310 e. The Kier molecular flexibility index (Phi) is 3.77. The average molecular weight is 258 g/mol. The van der Waals surface area contributed by atoms with E-state index >= 15 is 0 Å². The lowest BCUT2D eigenvalue weighted by atomic mass is 10.0. The Morgan fingerprint density at radius 1 is 1.41 bits per heavy atom. The minimum absolute atomic E-state index is 0.00519. The van der Waals surface area contributed by atoms with Crippen LogP contribution >= 0.6 is 0 Å². The first kappa shape index (κ1) is 13.5. The van der Waals surface area contributed by atoms with Gasteiger partial charge in [-0.3, -0.25) is 4.79 Å². The zero-order chi connectivity index (χ0) is 13.2. The Labute approximate surface area is 100.0 Å². The van der Waals surface area contributed by atoms with Crippen LogP contribution in [0.3, 0.4) is 0 Å². The summed E-state index contributed by atoms with van der Waals surface area (Å²) in [6.07, 6.45) is 1.06. The Morgan fingerprint density at radius 2 is 2.00 bits per heavy atom. The van der Waals surface area contributed by atoms with Crippen LogP contribution in [0.25, 0.3) is 0 Å². The number of methoxy groups -OCH3 is 1. The lowest BCUT2D eigenvalue weighted by Crippen LogP contribution is -2.11. The zero-order valence-corrected chi connectivity index (χ0v) is 10.6. The van der Waals surface area contributed by atoms with Gasteiger partial charge < -0.3 is 9.84 Å². The fourth-order valence-electron chi connectivity index (χ4n) is 1.52. The first-order valence-electron chi connectivity index (χ1n) is 4.88. The second-order valence-corrected chi connectivity index (χ2v) is 5.69. The van der Waals surface area contributed by atoms with E-state index in [0.717, 1.165) is 6.26 Å². The van der Waals surface area contributed by atoms with Gasteiger partial charge in [0.05, 0.1) is 13.0 Å². The number of rotatable bonds is 4. The molecule has 0 aliphatic rings. The monoisotopic (exact) mass is 258 g/mol. The maximum absolute atomic E-state index is 11.5. The molecule has 0 aliphatic heterocycles. The summed E-state index contributed by atoms with van der Waals surface area (Å²) >= 11 is 0. The molecule has 0 aromatic heterocycles. The topological polar surface area (TPSA) is 80.7 Å². The number of aliphatic carboxylic acids is 1. The van der Waals surface area contributed by atoms with Gasteiger partial charge in [-0.15, -0.1) is 0 Å². The number of carboxylic acid groups (broad SMARTS) is 1. The summed E-state index contributed by atoms with van der Waals surface area (Å²) in [7, 11) is -2.12. The molecule has 0 bridgehead atoms. The molecular weight excluding hydrogens is 244 g/mol. The number of carboxylic acids is 1. The molecule has 0 spiro atoms. The zero-order valence-electron chi connectivity index (χ0n) is 9.80. The first-order chi connectivity index (χ1) is 7.79. The van der Waals surface area contributed by atoms with Crippen LogP contribution in [0.15, 0.2) is 23.1 Å². The van der Waals surface area contributed by atoms with Crippen LogP contribution in [0, 0.1) is 0 Å². The van der Waals surface area contributed by atoms with Crippen LogP contribution < -0.4 is 4.74 Å². The smallest absolute Gasteiger partial charge is 0.310 e. The van der Waals surface area contributed by atoms with Gasteiger partial charge in [0, 0.05) is 11.8 Å². The number of para-hydroxylation sites is 1. The first-order valence-corrected chi connectivity index (χ1v) is 6.78. The van der Waals surface area contributed by atoms with Crippen molar-refractivity contribution in [2.45, 2.75) is 17.7 Å². The van der Waals surface area contributed by atoms with Gasteiger partial charge in [0.15, 0.2) is 9.84 Å². The Balaban J connectivity index is 3.49. The highest BCUT2D eigenvalue weighted by Crippen LogP contribution is 2.32. The van der Waals surface area contributed by atoms with Gasteiger partial charge in [-0.05, 0) is 13.0 Å². The quantitative estimate of drug-likeness (QED) is 0.880. The standard InChI is InChI=1S/C11H14O5S/c1-7(11(12)13)8-5-4-6-9(10(8)16-2)17(3,14)15/h4-7H,1-3H3,(H,12,13). The molecule has 0 saturated carbocycles. The van der Waals surface area contributed by atoms with Gasteiger partial charge >= 0.3 is 5.97 Å². The van der Waals surface area contributed by atoms with E-state index in [1.165, 1.54) is 26.2 Å². The highest BCUT2D eigenvalue weighted by atomic mass is 32.2. The molecule has 1 aromatic carbocycles. The molecular formula is C11H14O5S. The molecule has 0 heterocycles. The number of ether oxygens (including phenoxy) is 1. The van der Waals surface area contributed by atoms with E-state index in [-0.39, 0.29) is 10.6 Å². The van der Waals surface area contributed by atoms with Crippen LogP contribution in [0.1, 0.15) is 18.4 Å². The van der Waals surface area contributed by atoms with Gasteiger partial charge in [0.2, 0.25) is 0 Å². The third-order valence-electron chi connectivity index (χ3n) is 2.45. The van der Waals surface area contributed by atoms with Crippen molar-refractivity contribution in [1.82, 2.24) is 0 Å². The summed E-state index contributed by atoms with van der Waals surface area (Å²) in [5, 5.41) is 8.94. The number of carbonyl (C=O) groups is 1. The van der Waals surface area contributed by atoms with Gasteiger partial charge in [-0.2, -0.15) is 0 Å². The van der Waals surface area contributed by atoms with Crippen LogP contribution in [0.4, 0.5) is 0 Å². The molecule has 1 unspecified atom stereocenters. The second-order valence-electron chi connectivity index (χ2n) is 3.71. The molecule has 94 valence electrons. The molecule has 1 rings (SSSR count). The van der Waals surface area contributed by atoms with Crippen LogP contribution in [-0.4, -0.2) is 32.9 Å². The van der Waals surface area contributed by atoms with Gasteiger partial charge in [-0.1, -0.05) is 12.1 Å². The van der Waals surface area contributed by atoms with E-state index in [1.54, 1.807) is 6.07 Å². The Bertz CT molecular complexity index is 533. The molecule has 5 nitrogen and oxygen atoms in total. The van der Waals surface area contributed by atoms with E-state index in [4.69, 9.17) is 9.84 Å². The summed E-state index contributed by atoms with van der Waals surface area (Å²) in [6, 6.07) is 4.45. The number of benzene rings is 1. The van der Waals surface area contributed by atoms with Crippen LogP contribution in [0.5, 0.6) is 5.75 Å².